The fraction of sp³-hybridized carbons (Fsp3) is 0.588. The van der Waals surface area contributed by atoms with Gasteiger partial charge in [0.2, 0.25) is 5.91 Å². The lowest BCUT2D eigenvalue weighted by Crippen LogP contribution is -2.52. The van der Waals surface area contributed by atoms with Crippen molar-refractivity contribution in [3.63, 3.8) is 0 Å². The van der Waals surface area contributed by atoms with E-state index in [0.717, 1.165) is 25.1 Å². The lowest BCUT2D eigenvalue weighted by molar-refractivity contribution is -0.126. The summed E-state index contributed by atoms with van der Waals surface area (Å²) in [5, 5.41) is 3.70. The van der Waals surface area contributed by atoms with E-state index in [1.54, 1.807) is 0 Å². The molecule has 0 spiro atoms. The monoisotopic (exact) mass is 323 g/mol. The third-order valence-electron chi connectivity index (χ3n) is 4.50. The minimum Gasteiger partial charge on any atom is -0.351 e. The second-order valence-corrected chi connectivity index (χ2v) is 6.65. The molecule has 1 aromatic rings. The van der Waals surface area contributed by atoms with Crippen molar-refractivity contribution in [2.24, 2.45) is 0 Å². The number of nitrogens with zero attached hydrogens (tertiary/aromatic N) is 2. The van der Waals surface area contributed by atoms with Crippen LogP contribution in [0.4, 0.5) is 0 Å². The zero-order valence-corrected chi connectivity index (χ0v) is 14.4. The van der Waals surface area contributed by atoms with Crippen molar-refractivity contribution in [1.29, 1.82) is 0 Å². The molecule has 2 rings (SSSR count). The average molecular weight is 324 g/mol. The van der Waals surface area contributed by atoms with E-state index in [-0.39, 0.29) is 11.9 Å². The molecule has 1 aromatic carbocycles. The number of likely N-dealkylation sites (N-methyl/N-ethyl adjacent to an activating group) is 1. The van der Waals surface area contributed by atoms with E-state index in [1.165, 1.54) is 6.42 Å². The average Bonchev–Trinajstić information content (AvgIpc) is 2.53. The quantitative estimate of drug-likeness (QED) is 0.903. The number of carbonyl (C=O) groups is 1. The van der Waals surface area contributed by atoms with Crippen LogP contribution in [-0.2, 0) is 11.3 Å². The van der Waals surface area contributed by atoms with E-state index in [2.05, 4.69) is 29.2 Å². The van der Waals surface area contributed by atoms with Gasteiger partial charge in [-0.15, -0.1) is 0 Å². The van der Waals surface area contributed by atoms with Gasteiger partial charge in [0.25, 0.3) is 0 Å². The summed E-state index contributed by atoms with van der Waals surface area (Å²) >= 11 is 6.12. The van der Waals surface area contributed by atoms with Crippen LogP contribution in [0, 0.1) is 0 Å². The number of hydrogen-bond acceptors (Lipinski definition) is 3. The number of benzene rings is 1. The molecule has 1 saturated heterocycles. The topological polar surface area (TPSA) is 35.6 Å². The second kappa shape index (κ2) is 7.95. The van der Waals surface area contributed by atoms with E-state index >= 15 is 0 Å². The van der Waals surface area contributed by atoms with Gasteiger partial charge in [-0.05, 0) is 52.0 Å². The molecule has 1 aliphatic rings. The molecule has 2 atom stereocenters. The number of nitrogens with one attached hydrogen (secondary N) is 1. The third-order valence-corrected chi connectivity index (χ3v) is 4.87. The Kier molecular flexibility index (Phi) is 6.24. The van der Waals surface area contributed by atoms with E-state index < -0.39 is 0 Å². The Bertz CT molecular complexity index is 506. The van der Waals surface area contributed by atoms with Gasteiger partial charge in [-0.25, -0.2) is 0 Å². The number of carbonyl (C=O) groups excluding carboxylic acids is 1. The van der Waals surface area contributed by atoms with Crippen molar-refractivity contribution in [2.75, 3.05) is 27.2 Å². The maximum absolute atomic E-state index is 12.4. The number of rotatable bonds is 5. The van der Waals surface area contributed by atoms with Crippen molar-refractivity contribution in [1.82, 2.24) is 15.1 Å². The molecular weight excluding hydrogens is 298 g/mol. The van der Waals surface area contributed by atoms with Gasteiger partial charge in [0.1, 0.15) is 0 Å². The third kappa shape index (κ3) is 4.45. The molecule has 0 radical (unpaired) electrons. The largest absolute Gasteiger partial charge is 0.351 e. The highest BCUT2D eigenvalue weighted by molar-refractivity contribution is 6.31. The summed E-state index contributed by atoms with van der Waals surface area (Å²) in [7, 11) is 4.21. The molecule has 1 N–H and O–H groups in total. The molecule has 22 heavy (non-hydrogen) atoms. The molecule has 1 heterocycles. The zero-order chi connectivity index (χ0) is 16.1. The van der Waals surface area contributed by atoms with Crippen molar-refractivity contribution in [3.05, 3.63) is 34.9 Å². The number of amides is 1. The summed E-state index contributed by atoms with van der Waals surface area (Å²) in [5.74, 6) is 0.0688. The summed E-state index contributed by atoms with van der Waals surface area (Å²) in [4.78, 5) is 16.9. The summed E-state index contributed by atoms with van der Waals surface area (Å²) in [6.45, 7) is 4.41. The van der Waals surface area contributed by atoms with Crippen LogP contribution in [0.1, 0.15) is 25.3 Å². The second-order valence-electron chi connectivity index (χ2n) is 6.24. The molecular formula is C17H26ClN3O. The van der Waals surface area contributed by atoms with Gasteiger partial charge >= 0.3 is 0 Å². The van der Waals surface area contributed by atoms with Crippen LogP contribution in [0.2, 0.25) is 5.02 Å². The molecule has 0 aromatic heterocycles. The van der Waals surface area contributed by atoms with Crippen LogP contribution in [0.5, 0.6) is 0 Å². The van der Waals surface area contributed by atoms with Crippen LogP contribution < -0.4 is 5.32 Å². The van der Waals surface area contributed by atoms with E-state index in [1.807, 2.05) is 31.2 Å². The van der Waals surface area contributed by atoms with Crippen molar-refractivity contribution >= 4 is 17.5 Å². The smallest absolute Gasteiger partial charge is 0.237 e. The van der Waals surface area contributed by atoms with Crippen LogP contribution in [0.25, 0.3) is 0 Å². The Hall–Kier alpha value is -1.10. The highest BCUT2D eigenvalue weighted by Crippen LogP contribution is 2.17. The molecule has 2 unspecified atom stereocenters. The Morgan fingerprint density at radius 2 is 2.18 bits per heavy atom. The number of likely N-dealkylation sites (tertiary alicyclic amines) is 1. The van der Waals surface area contributed by atoms with Crippen molar-refractivity contribution < 1.29 is 4.79 Å². The van der Waals surface area contributed by atoms with Crippen LogP contribution in [0.15, 0.2) is 24.3 Å². The molecule has 0 saturated carbocycles. The first-order valence-corrected chi connectivity index (χ1v) is 8.28. The Morgan fingerprint density at radius 3 is 2.86 bits per heavy atom. The first-order valence-electron chi connectivity index (χ1n) is 7.90. The minimum absolute atomic E-state index is 0.0688. The first kappa shape index (κ1) is 17.3. The summed E-state index contributed by atoms with van der Waals surface area (Å²) < 4.78 is 0. The SMILES string of the molecule is CC(C(=O)NCc1ccccc1Cl)N1CCCC(N(C)C)C1. The summed E-state index contributed by atoms with van der Waals surface area (Å²) in [5.41, 5.74) is 0.953. The van der Waals surface area contributed by atoms with Gasteiger partial charge in [-0.1, -0.05) is 29.8 Å². The first-order chi connectivity index (χ1) is 10.5. The predicted octanol–water partition coefficient (Wildman–Crippen LogP) is 2.37. The van der Waals surface area contributed by atoms with E-state index in [4.69, 9.17) is 11.6 Å². The fourth-order valence-electron chi connectivity index (χ4n) is 2.89. The molecule has 4 nitrogen and oxygen atoms in total. The van der Waals surface area contributed by atoms with Gasteiger partial charge in [0, 0.05) is 24.2 Å². The molecule has 1 amide bonds. The van der Waals surface area contributed by atoms with E-state index in [9.17, 15) is 4.79 Å². The van der Waals surface area contributed by atoms with Gasteiger partial charge < -0.3 is 10.2 Å². The molecule has 5 heteroatoms. The number of hydrogen-bond donors (Lipinski definition) is 1. The standard InChI is InChI=1S/C17H26ClN3O/c1-13(21-10-6-8-15(12-21)20(2)3)17(22)19-11-14-7-4-5-9-16(14)18/h4-5,7,9,13,15H,6,8,10-12H2,1-3H3,(H,19,22). The maximum atomic E-state index is 12.4. The molecule has 1 aliphatic heterocycles. The van der Waals surface area contributed by atoms with Crippen LogP contribution in [0.3, 0.4) is 0 Å². The van der Waals surface area contributed by atoms with Crippen molar-refractivity contribution in [3.8, 4) is 0 Å². The lowest BCUT2D eigenvalue weighted by atomic mass is 10.0. The molecule has 0 aliphatic carbocycles. The predicted molar refractivity (Wildman–Crippen MR) is 91.0 cm³/mol. The van der Waals surface area contributed by atoms with Gasteiger partial charge in [-0.2, -0.15) is 0 Å². The molecule has 122 valence electrons. The van der Waals surface area contributed by atoms with Gasteiger partial charge in [0.15, 0.2) is 0 Å². The molecule has 0 bridgehead atoms. The highest BCUT2D eigenvalue weighted by Gasteiger charge is 2.28. The summed E-state index contributed by atoms with van der Waals surface area (Å²) in [6.07, 6.45) is 2.35. The van der Waals surface area contributed by atoms with E-state index in [0.29, 0.717) is 17.6 Å². The lowest BCUT2D eigenvalue weighted by Gasteiger charge is -2.38. The van der Waals surface area contributed by atoms with Crippen LogP contribution >= 0.6 is 11.6 Å². The van der Waals surface area contributed by atoms with Gasteiger partial charge in [-0.3, -0.25) is 9.69 Å². The van der Waals surface area contributed by atoms with Crippen molar-refractivity contribution in [2.45, 2.75) is 38.4 Å². The minimum atomic E-state index is -0.106. The highest BCUT2D eigenvalue weighted by atomic mass is 35.5. The summed E-state index contributed by atoms with van der Waals surface area (Å²) in [6, 6.07) is 8.04. The zero-order valence-electron chi connectivity index (χ0n) is 13.7. The Morgan fingerprint density at radius 1 is 1.45 bits per heavy atom. The van der Waals surface area contributed by atoms with Crippen LogP contribution in [-0.4, -0.2) is 55.0 Å². The Labute approximate surface area is 138 Å². The normalized spacial score (nSPS) is 20.9. The van der Waals surface area contributed by atoms with Gasteiger partial charge in [0.05, 0.1) is 6.04 Å². The number of piperidine rings is 1. The maximum Gasteiger partial charge on any atom is 0.237 e. The number of halogens is 1. The molecule has 1 fully saturated rings. The Balaban J connectivity index is 1.88. The fourth-order valence-corrected chi connectivity index (χ4v) is 3.10.